The molecular formula is C24H31N3O3S. The third-order valence-electron chi connectivity index (χ3n) is 5.56. The van der Waals surface area contributed by atoms with Gasteiger partial charge in [0.15, 0.2) is 0 Å². The minimum absolute atomic E-state index is 0.0161. The molecule has 7 heteroatoms. The second-order valence-electron chi connectivity index (χ2n) is 8.57. The Kier molecular flexibility index (Phi) is 7.85. The van der Waals surface area contributed by atoms with E-state index in [0.717, 1.165) is 5.56 Å². The lowest BCUT2D eigenvalue weighted by molar-refractivity contribution is -0.124. The zero-order valence-corrected chi connectivity index (χ0v) is 19.2. The molecule has 31 heavy (non-hydrogen) atoms. The first-order valence-corrected chi connectivity index (χ1v) is 11.7. The number of nitrogens with zero attached hydrogens (tertiary/aromatic N) is 1. The van der Waals surface area contributed by atoms with Crippen LogP contribution in [0.25, 0.3) is 0 Å². The Morgan fingerprint density at radius 3 is 2.48 bits per heavy atom. The highest BCUT2D eigenvalue weighted by Gasteiger charge is 2.34. The predicted molar refractivity (Wildman–Crippen MR) is 123 cm³/mol. The van der Waals surface area contributed by atoms with E-state index in [4.69, 9.17) is 0 Å². The number of aryl methyl sites for hydroxylation is 1. The lowest BCUT2D eigenvalue weighted by Gasteiger charge is -2.36. The number of likely N-dealkylation sites (tertiary alicyclic amines) is 1. The van der Waals surface area contributed by atoms with Crippen LogP contribution in [0.15, 0.2) is 41.8 Å². The third-order valence-corrected chi connectivity index (χ3v) is 6.43. The molecule has 2 N–H and O–H groups in total. The molecular weight excluding hydrogens is 410 g/mol. The maximum Gasteiger partial charge on any atom is 0.262 e. The monoisotopic (exact) mass is 441 g/mol. The third kappa shape index (κ3) is 6.17. The van der Waals surface area contributed by atoms with Crippen molar-refractivity contribution < 1.29 is 14.4 Å². The van der Waals surface area contributed by atoms with E-state index in [1.54, 1.807) is 6.07 Å². The Morgan fingerprint density at radius 2 is 1.87 bits per heavy atom. The summed E-state index contributed by atoms with van der Waals surface area (Å²) in [5, 5.41) is 7.76. The molecule has 3 amide bonds. The number of carbonyl (C=O) groups excluding carboxylic acids is 3. The highest BCUT2D eigenvalue weighted by molar-refractivity contribution is 7.12. The van der Waals surface area contributed by atoms with Crippen molar-refractivity contribution in [2.24, 2.45) is 11.8 Å². The first-order chi connectivity index (χ1) is 14.8. The van der Waals surface area contributed by atoms with Gasteiger partial charge >= 0.3 is 0 Å². The summed E-state index contributed by atoms with van der Waals surface area (Å²) in [5.41, 5.74) is 1.74. The summed E-state index contributed by atoms with van der Waals surface area (Å²) in [7, 11) is 0. The van der Waals surface area contributed by atoms with Crippen molar-refractivity contribution >= 4 is 29.1 Å². The molecule has 0 spiro atoms. The van der Waals surface area contributed by atoms with Crippen LogP contribution in [0.5, 0.6) is 0 Å². The molecule has 3 rings (SSSR count). The van der Waals surface area contributed by atoms with E-state index in [1.165, 1.54) is 11.3 Å². The fraction of sp³-hybridized carbons (Fsp3) is 0.458. The molecule has 1 saturated heterocycles. The molecule has 0 aliphatic carbocycles. The van der Waals surface area contributed by atoms with Crippen molar-refractivity contribution in [2.45, 2.75) is 39.7 Å². The summed E-state index contributed by atoms with van der Waals surface area (Å²) in [6.07, 6.45) is 1.34. The molecule has 1 aliphatic rings. The molecule has 6 nitrogen and oxygen atoms in total. The maximum absolute atomic E-state index is 12.9. The SMILES string of the molecule is Cc1cccc(C(=O)N2CCC([C@@H](NC(=O)c3cccs3)C(=O)NCC(C)C)CC2)c1. The maximum atomic E-state index is 12.9. The normalized spacial score (nSPS) is 15.5. The molecule has 0 radical (unpaired) electrons. The van der Waals surface area contributed by atoms with Gasteiger partial charge in [-0.2, -0.15) is 0 Å². The number of nitrogens with one attached hydrogen (secondary N) is 2. The van der Waals surface area contributed by atoms with Crippen molar-refractivity contribution in [3.05, 3.63) is 57.8 Å². The van der Waals surface area contributed by atoms with Crippen LogP contribution in [-0.2, 0) is 4.79 Å². The van der Waals surface area contributed by atoms with Crippen molar-refractivity contribution in [3.8, 4) is 0 Å². The number of rotatable bonds is 7. The second-order valence-corrected chi connectivity index (χ2v) is 9.51. The first kappa shape index (κ1) is 23.0. The molecule has 1 aliphatic heterocycles. The largest absolute Gasteiger partial charge is 0.354 e. The number of piperidine rings is 1. The molecule has 1 atom stereocenters. The number of thiophene rings is 1. The predicted octanol–water partition coefficient (Wildman–Crippen LogP) is 3.48. The number of amides is 3. The van der Waals surface area contributed by atoms with Gasteiger partial charge in [0, 0.05) is 25.2 Å². The fourth-order valence-corrected chi connectivity index (χ4v) is 4.46. The molecule has 0 unspecified atom stereocenters. The average molecular weight is 442 g/mol. The van der Waals surface area contributed by atoms with E-state index < -0.39 is 6.04 Å². The van der Waals surface area contributed by atoms with Gasteiger partial charge in [-0.1, -0.05) is 37.6 Å². The topological polar surface area (TPSA) is 78.5 Å². The first-order valence-electron chi connectivity index (χ1n) is 10.8. The van der Waals surface area contributed by atoms with E-state index in [2.05, 4.69) is 10.6 Å². The zero-order chi connectivity index (χ0) is 22.4. The van der Waals surface area contributed by atoms with Crippen molar-refractivity contribution in [2.75, 3.05) is 19.6 Å². The highest BCUT2D eigenvalue weighted by Crippen LogP contribution is 2.23. The van der Waals surface area contributed by atoms with Gasteiger partial charge in [0.2, 0.25) is 5.91 Å². The van der Waals surface area contributed by atoms with Crippen molar-refractivity contribution in [1.82, 2.24) is 15.5 Å². The quantitative estimate of drug-likeness (QED) is 0.691. The summed E-state index contributed by atoms with van der Waals surface area (Å²) in [6, 6.07) is 10.6. The minimum atomic E-state index is -0.607. The average Bonchev–Trinajstić information content (AvgIpc) is 3.30. The lowest BCUT2D eigenvalue weighted by Crippen LogP contribution is -2.54. The number of carbonyl (C=O) groups is 3. The molecule has 0 saturated carbocycles. The molecule has 2 aromatic rings. The highest BCUT2D eigenvalue weighted by atomic mass is 32.1. The van der Waals surface area contributed by atoms with Gasteiger partial charge in [0.25, 0.3) is 11.8 Å². The van der Waals surface area contributed by atoms with Crippen molar-refractivity contribution in [3.63, 3.8) is 0 Å². The van der Waals surface area contributed by atoms with Gasteiger partial charge in [-0.15, -0.1) is 11.3 Å². The van der Waals surface area contributed by atoms with Gasteiger partial charge < -0.3 is 15.5 Å². The van der Waals surface area contributed by atoms with E-state index in [0.29, 0.717) is 48.8 Å². The number of hydrogen-bond donors (Lipinski definition) is 2. The van der Waals surface area contributed by atoms with Crippen LogP contribution in [0, 0.1) is 18.8 Å². The second kappa shape index (κ2) is 10.6. The van der Waals surface area contributed by atoms with E-state index >= 15 is 0 Å². The van der Waals surface area contributed by atoms with Gasteiger partial charge in [0.1, 0.15) is 6.04 Å². The van der Waals surface area contributed by atoms with Crippen LogP contribution in [-0.4, -0.2) is 48.3 Å². The summed E-state index contributed by atoms with van der Waals surface area (Å²) < 4.78 is 0. The van der Waals surface area contributed by atoms with Crippen molar-refractivity contribution in [1.29, 1.82) is 0 Å². The molecule has 1 aromatic carbocycles. The zero-order valence-electron chi connectivity index (χ0n) is 18.4. The summed E-state index contributed by atoms with van der Waals surface area (Å²) in [4.78, 5) is 40.9. The van der Waals surface area contributed by atoms with E-state index in [9.17, 15) is 14.4 Å². The van der Waals surface area contributed by atoms with Crippen LogP contribution in [0.1, 0.15) is 52.3 Å². The number of hydrogen-bond acceptors (Lipinski definition) is 4. The summed E-state index contributed by atoms with van der Waals surface area (Å²) in [5.74, 6) is -0.0466. The smallest absolute Gasteiger partial charge is 0.262 e. The Balaban J connectivity index is 1.66. The van der Waals surface area contributed by atoms with Crippen LogP contribution >= 0.6 is 11.3 Å². The van der Waals surface area contributed by atoms with E-state index in [1.807, 2.05) is 61.4 Å². The van der Waals surface area contributed by atoms with Gasteiger partial charge in [-0.05, 0) is 55.2 Å². The van der Waals surface area contributed by atoms with Gasteiger partial charge in [-0.25, -0.2) is 0 Å². The Morgan fingerprint density at radius 1 is 1.13 bits per heavy atom. The van der Waals surface area contributed by atoms with Crippen LogP contribution in [0.3, 0.4) is 0 Å². The van der Waals surface area contributed by atoms with Gasteiger partial charge in [-0.3, -0.25) is 14.4 Å². The van der Waals surface area contributed by atoms with Crippen LogP contribution in [0.4, 0.5) is 0 Å². The molecule has 0 bridgehead atoms. The Bertz CT molecular complexity index is 903. The lowest BCUT2D eigenvalue weighted by atomic mass is 9.88. The number of benzene rings is 1. The summed E-state index contributed by atoms with van der Waals surface area (Å²) in [6.45, 7) is 7.75. The fourth-order valence-electron chi connectivity index (χ4n) is 3.83. The van der Waals surface area contributed by atoms with E-state index in [-0.39, 0.29) is 23.6 Å². The Labute approximate surface area is 188 Å². The standard InChI is InChI=1S/C24H31N3O3S/c1-16(2)15-25-23(29)21(26-22(28)20-8-5-13-31-20)18-9-11-27(12-10-18)24(30)19-7-4-6-17(3)14-19/h4-8,13-14,16,18,21H,9-12,15H2,1-3H3,(H,25,29)(H,26,28)/t21-/m1/s1. The molecule has 1 fully saturated rings. The van der Waals surface area contributed by atoms with Crippen LogP contribution in [0.2, 0.25) is 0 Å². The molecule has 166 valence electrons. The minimum Gasteiger partial charge on any atom is -0.354 e. The molecule has 1 aromatic heterocycles. The summed E-state index contributed by atoms with van der Waals surface area (Å²) >= 11 is 1.36. The molecule has 2 heterocycles. The van der Waals surface area contributed by atoms with Crippen LogP contribution < -0.4 is 10.6 Å². The Hall–Kier alpha value is -2.67. The van der Waals surface area contributed by atoms with Gasteiger partial charge in [0.05, 0.1) is 4.88 Å².